The highest BCUT2D eigenvalue weighted by atomic mass is 15.2. The Morgan fingerprint density at radius 1 is 1.07 bits per heavy atom. The molecule has 0 amide bonds. The van der Waals surface area contributed by atoms with Gasteiger partial charge in [-0.1, -0.05) is 34.1 Å². The van der Waals surface area contributed by atoms with Crippen LogP contribution in [0, 0.1) is 5.41 Å². The van der Waals surface area contributed by atoms with Gasteiger partial charge in [-0.2, -0.15) is 0 Å². The fourth-order valence-corrected chi connectivity index (χ4v) is 2.88. The summed E-state index contributed by atoms with van der Waals surface area (Å²) < 4.78 is 0. The van der Waals surface area contributed by atoms with Crippen molar-refractivity contribution in [1.29, 1.82) is 0 Å². The molecule has 15 heavy (non-hydrogen) atoms. The fraction of sp³-hybridized carbons (Fsp3) is 1.00. The minimum absolute atomic E-state index is 0.497. The van der Waals surface area contributed by atoms with Crippen molar-refractivity contribution in [3.05, 3.63) is 0 Å². The van der Waals surface area contributed by atoms with Crippen LogP contribution in [0.1, 0.15) is 67.7 Å². The quantitative estimate of drug-likeness (QED) is 0.609. The lowest BCUT2D eigenvalue weighted by Gasteiger charge is -2.36. The van der Waals surface area contributed by atoms with Gasteiger partial charge in [-0.05, 0) is 45.6 Å². The van der Waals surface area contributed by atoms with E-state index >= 15 is 0 Å². The zero-order valence-corrected chi connectivity index (χ0v) is 11.9. The molecule has 0 aliphatic heterocycles. The fourth-order valence-electron chi connectivity index (χ4n) is 2.88. The third-order valence-corrected chi connectivity index (χ3v) is 3.37. The topological polar surface area (TPSA) is 3.24 Å². The van der Waals surface area contributed by atoms with Gasteiger partial charge < -0.3 is 0 Å². The average Bonchev–Trinajstić information content (AvgIpc) is 2.02. The summed E-state index contributed by atoms with van der Waals surface area (Å²) in [5.74, 6) is 0. The standard InChI is InChI=1S/C14H31N/c1-8-10-14(6,7)11-13(5)15(9-2)12(3)4/h12-13H,8-11H2,1-7H3. The molecule has 0 N–H and O–H groups in total. The van der Waals surface area contributed by atoms with E-state index in [4.69, 9.17) is 0 Å². The predicted octanol–water partition coefficient (Wildman–Crippen LogP) is 4.32. The van der Waals surface area contributed by atoms with Crippen molar-refractivity contribution in [3.63, 3.8) is 0 Å². The maximum atomic E-state index is 2.59. The minimum Gasteiger partial charge on any atom is -0.299 e. The monoisotopic (exact) mass is 213 g/mol. The summed E-state index contributed by atoms with van der Waals surface area (Å²) in [4.78, 5) is 2.59. The first-order valence-electron chi connectivity index (χ1n) is 6.59. The molecule has 1 nitrogen and oxygen atoms in total. The molecular formula is C14H31N. The number of rotatable bonds is 7. The van der Waals surface area contributed by atoms with Crippen LogP contribution in [-0.4, -0.2) is 23.5 Å². The van der Waals surface area contributed by atoms with Crippen molar-refractivity contribution < 1.29 is 0 Å². The van der Waals surface area contributed by atoms with Crippen LogP contribution in [-0.2, 0) is 0 Å². The first kappa shape index (κ1) is 15.0. The Morgan fingerprint density at radius 2 is 1.60 bits per heavy atom. The molecule has 1 unspecified atom stereocenters. The Hall–Kier alpha value is -0.0400. The molecule has 0 heterocycles. The van der Waals surface area contributed by atoms with E-state index in [0.29, 0.717) is 17.5 Å². The first-order valence-corrected chi connectivity index (χ1v) is 6.59. The molecule has 0 aromatic heterocycles. The molecule has 0 aromatic carbocycles. The SMILES string of the molecule is CCCC(C)(C)CC(C)N(CC)C(C)C. The molecule has 92 valence electrons. The Morgan fingerprint density at radius 3 is 1.93 bits per heavy atom. The van der Waals surface area contributed by atoms with Crippen LogP contribution in [0.4, 0.5) is 0 Å². The molecule has 0 aliphatic rings. The van der Waals surface area contributed by atoms with Gasteiger partial charge in [0.2, 0.25) is 0 Å². The summed E-state index contributed by atoms with van der Waals surface area (Å²) in [5, 5.41) is 0. The number of hydrogen-bond acceptors (Lipinski definition) is 1. The molecule has 0 saturated heterocycles. The minimum atomic E-state index is 0.497. The summed E-state index contributed by atoms with van der Waals surface area (Å²) in [6.45, 7) is 17.5. The smallest absolute Gasteiger partial charge is 0.00745 e. The highest BCUT2D eigenvalue weighted by molar-refractivity contribution is 4.78. The molecule has 0 aromatic rings. The van der Waals surface area contributed by atoms with E-state index < -0.39 is 0 Å². The number of nitrogens with zero attached hydrogens (tertiary/aromatic N) is 1. The Kier molecular flexibility index (Phi) is 6.51. The van der Waals surface area contributed by atoms with Crippen LogP contribution < -0.4 is 0 Å². The van der Waals surface area contributed by atoms with Crippen molar-refractivity contribution in [2.75, 3.05) is 6.54 Å². The molecule has 0 saturated carbocycles. The van der Waals surface area contributed by atoms with Gasteiger partial charge in [-0.15, -0.1) is 0 Å². The van der Waals surface area contributed by atoms with Gasteiger partial charge in [-0.25, -0.2) is 0 Å². The molecular weight excluding hydrogens is 182 g/mol. The van der Waals surface area contributed by atoms with E-state index in [9.17, 15) is 0 Å². The van der Waals surface area contributed by atoms with Crippen LogP contribution in [0.25, 0.3) is 0 Å². The second kappa shape index (κ2) is 6.52. The maximum absolute atomic E-state index is 2.59. The summed E-state index contributed by atoms with van der Waals surface area (Å²) in [6, 6.07) is 1.37. The van der Waals surface area contributed by atoms with Crippen molar-refractivity contribution >= 4 is 0 Å². The largest absolute Gasteiger partial charge is 0.299 e. The van der Waals surface area contributed by atoms with Gasteiger partial charge in [0.15, 0.2) is 0 Å². The van der Waals surface area contributed by atoms with Gasteiger partial charge >= 0.3 is 0 Å². The lowest BCUT2D eigenvalue weighted by molar-refractivity contribution is 0.123. The molecule has 0 rings (SSSR count). The molecule has 0 spiro atoms. The zero-order valence-electron chi connectivity index (χ0n) is 11.9. The highest BCUT2D eigenvalue weighted by Gasteiger charge is 2.24. The third kappa shape index (κ3) is 5.55. The van der Waals surface area contributed by atoms with Crippen molar-refractivity contribution in [1.82, 2.24) is 4.90 Å². The van der Waals surface area contributed by atoms with Gasteiger partial charge in [0.05, 0.1) is 0 Å². The van der Waals surface area contributed by atoms with E-state index in [-0.39, 0.29) is 0 Å². The van der Waals surface area contributed by atoms with Crippen molar-refractivity contribution in [3.8, 4) is 0 Å². The van der Waals surface area contributed by atoms with E-state index in [2.05, 4.69) is 53.4 Å². The zero-order chi connectivity index (χ0) is 12.1. The van der Waals surface area contributed by atoms with Gasteiger partial charge in [0.25, 0.3) is 0 Å². The van der Waals surface area contributed by atoms with Crippen LogP contribution in [0.15, 0.2) is 0 Å². The lowest BCUT2D eigenvalue weighted by Crippen LogP contribution is -2.40. The van der Waals surface area contributed by atoms with Crippen LogP contribution in [0.5, 0.6) is 0 Å². The van der Waals surface area contributed by atoms with Crippen molar-refractivity contribution in [2.24, 2.45) is 5.41 Å². The lowest BCUT2D eigenvalue weighted by atomic mass is 9.81. The molecule has 0 aliphatic carbocycles. The Balaban J connectivity index is 4.26. The van der Waals surface area contributed by atoms with E-state index in [1.165, 1.54) is 25.8 Å². The predicted molar refractivity (Wildman–Crippen MR) is 70.3 cm³/mol. The second-order valence-corrected chi connectivity index (χ2v) is 5.89. The van der Waals surface area contributed by atoms with E-state index in [0.717, 1.165) is 0 Å². The molecule has 1 atom stereocenters. The second-order valence-electron chi connectivity index (χ2n) is 5.89. The average molecular weight is 213 g/mol. The normalized spacial score (nSPS) is 15.0. The summed E-state index contributed by atoms with van der Waals surface area (Å²) in [7, 11) is 0. The molecule has 0 radical (unpaired) electrons. The summed E-state index contributed by atoms with van der Waals surface area (Å²) >= 11 is 0. The molecule has 1 heteroatoms. The summed E-state index contributed by atoms with van der Waals surface area (Å²) in [6.07, 6.45) is 3.95. The Labute approximate surface area is 97.2 Å². The van der Waals surface area contributed by atoms with Gasteiger partial charge in [0, 0.05) is 12.1 Å². The third-order valence-electron chi connectivity index (χ3n) is 3.37. The van der Waals surface area contributed by atoms with Gasteiger partial charge in [0.1, 0.15) is 0 Å². The van der Waals surface area contributed by atoms with Crippen LogP contribution in [0.2, 0.25) is 0 Å². The van der Waals surface area contributed by atoms with Gasteiger partial charge in [-0.3, -0.25) is 4.90 Å². The van der Waals surface area contributed by atoms with E-state index in [1.54, 1.807) is 0 Å². The number of hydrogen-bond donors (Lipinski definition) is 0. The van der Waals surface area contributed by atoms with Crippen molar-refractivity contribution in [2.45, 2.75) is 79.8 Å². The van der Waals surface area contributed by atoms with Crippen LogP contribution >= 0.6 is 0 Å². The Bertz CT molecular complexity index is 161. The first-order chi connectivity index (χ1) is 6.84. The molecule has 0 fully saturated rings. The van der Waals surface area contributed by atoms with Crippen LogP contribution in [0.3, 0.4) is 0 Å². The molecule has 0 bridgehead atoms. The highest BCUT2D eigenvalue weighted by Crippen LogP contribution is 2.30. The van der Waals surface area contributed by atoms with E-state index in [1.807, 2.05) is 0 Å². The maximum Gasteiger partial charge on any atom is 0.00745 e. The summed E-state index contributed by atoms with van der Waals surface area (Å²) in [5.41, 5.74) is 0.497.